The van der Waals surface area contributed by atoms with Crippen LogP contribution in [0.2, 0.25) is 10.0 Å². The van der Waals surface area contributed by atoms with Gasteiger partial charge in [-0.15, -0.1) is 5.10 Å². The Kier molecular flexibility index (Phi) is 5.35. The molecule has 0 fully saturated rings. The number of hydrogen-bond acceptors (Lipinski definition) is 4. The molecule has 2 heterocycles. The number of carbonyl (C=O) groups is 1. The van der Waals surface area contributed by atoms with Gasteiger partial charge in [0.05, 0.1) is 30.0 Å². The van der Waals surface area contributed by atoms with Crippen molar-refractivity contribution in [3.63, 3.8) is 0 Å². The average Bonchev–Trinajstić information content (AvgIpc) is 3.13. The summed E-state index contributed by atoms with van der Waals surface area (Å²) in [5.41, 5.74) is 1.83. The predicted molar refractivity (Wildman–Crippen MR) is 95.8 cm³/mol. The lowest BCUT2D eigenvalue weighted by atomic mass is 10.2. The van der Waals surface area contributed by atoms with Gasteiger partial charge in [-0.1, -0.05) is 35.3 Å². The molecule has 2 aromatic heterocycles. The maximum atomic E-state index is 12.0. The van der Waals surface area contributed by atoms with Gasteiger partial charge in [0.25, 0.3) is 0 Å². The second-order valence-corrected chi connectivity index (χ2v) is 6.34. The summed E-state index contributed by atoms with van der Waals surface area (Å²) in [5, 5.41) is 12.3. The van der Waals surface area contributed by atoms with Gasteiger partial charge in [-0.2, -0.15) is 5.10 Å². The number of halogens is 2. The van der Waals surface area contributed by atoms with Gasteiger partial charge in [-0.05, 0) is 24.6 Å². The molecule has 0 aliphatic rings. The lowest BCUT2D eigenvalue weighted by molar-refractivity contribution is -0.116. The number of carbonyl (C=O) groups excluding carboxylic acids is 1. The van der Waals surface area contributed by atoms with Crippen LogP contribution >= 0.6 is 23.2 Å². The number of amides is 1. The van der Waals surface area contributed by atoms with Crippen LogP contribution in [-0.4, -0.2) is 30.5 Å². The molecular formula is C16H16Cl2N6O. The smallest absolute Gasteiger partial charge is 0.248 e. The molecule has 1 amide bonds. The highest BCUT2D eigenvalue weighted by Crippen LogP contribution is 2.14. The fourth-order valence-corrected chi connectivity index (χ4v) is 2.65. The molecule has 0 saturated heterocycles. The van der Waals surface area contributed by atoms with E-state index in [0.29, 0.717) is 23.1 Å². The monoisotopic (exact) mass is 378 g/mol. The maximum Gasteiger partial charge on any atom is 0.248 e. The first-order valence-corrected chi connectivity index (χ1v) is 8.38. The number of nitrogens with one attached hydrogen (secondary N) is 1. The highest BCUT2D eigenvalue weighted by Gasteiger charge is 2.09. The van der Waals surface area contributed by atoms with Gasteiger partial charge in [0.1, 0.15) is 6.33 Å². The Labute approximate surface area is 154 Å². The molecule has 0 unspecified atom stereocenters. The number of aryl methyl sites for hydroxylation is 1. The molecule has 130 valence electrons. The molecule has 0 aliphatic heterocycles. The predicted octanol–water partition coefficient (Wildman–Crippen LogP) is 3.17. The van der Waals surface area contributed by atoms with Crippen LogP contribution in [0.25, 0.3) is 0 Å². The molecular weight excluding hydrogens is 363 g/mol. The number of aromatic nitrogens is 5. The molecule has 25 heavy (non-hydrogen) atoms. The first kappa shape index (κ1) is 17.4. The van der Waals surface area contributed by atoms with E-state index in [1.54, 1.807) is 21.9 Å². The molecule has 3 rings (SSSR count). The molecule has 0 aliphatic carbocycles. The van der Waals surface area contributed by atoms with Crippen LogP contribution in [0.1, 0.15) is 17.7 Å². The molecule has 1 aromatic carbocycles. The van der Waals surface area contributed by atoms with E-state index in [0.717, 1.165) is 11.3 Å². The van der Waals surface area contributed by atoms with Crippen LogP contribution in [0.4, 0.5) is 5.95 Å². The van der Waals surface area contributed by atoms with E-state index in [-0.39, 0.29) is 18.3 Å². The number of hydrogen-bond donors (Lipinski definition) is 1. The minimum Gasteiger partial charge on any atom is -0.293 e. The summed E-state index contributed by atoms with van der Waals surface area (Å²) >= 11 is 11.9. The molecule has 0 atom stereocenters. The molecule has 0 radical (unpaired) electrons. The third kappa shape index (κ3) is 4.58. The third-order valence-electron chi connectivity index (χ3n) is 3.62. The fraction of sp³-hybridized carbons (Fsp3) is 0.250. The molecule has 1 N–H and O–H groups in total. The number of benzene rings is 1. The van der Waals surface area contributed by atoms with Crippen molar-refractivity contribution in [3.8, 4) is 0 Å². The molecule has 9 heteroatoms. The summed E-state index contributed by atoms with van der Waals surface area (Å²) < 4.78 is 3.33. The molecule has 0 spiro atoms. The zero-order valence-electron chi connectivity index (χ0n) is 13.5. The summed E-state index contributed by atoms with van der Waals surface area (Å²) in [6.45, 7) is 2.81. The third-order valence-corrected chi connectivity index (χ3v) is 4.22. The van der Waals surface area contributed by atoms with Crippen molar-refractivity contribution in [2.24, 2.45) is 0 Å². The minimum absolute atomic E-state index is 0.188. The van der Waals surface area contributed by atoms with Gasteiger partial charge >= 0.3 is 0 Å². The fourth-order valence-electron chi connectivity index (χ4n) is 2.29. The van der Waals surface area contributed by atoms with Crippen LogP contribution in [-0.2, 0) is 17.9 Å². The van der Waals surface area contributed by atoms with Crippen LogP contribution in [0, 0.1) is 6.92 Å². The Hall–Kier alpha value is -2.38. The van der Waals surface area contributed by atoms with E-state index in [2.05, 4.69) is 20.5 Å². The second-order valence-electron chi connectivity index (χ2n) is 5.49. The van der Waals surface area contributed by atoms with Gasteiger partial charge < -0.3 is 0 Å². The highest BCUT2D eigenvalue weighted by molar-refractivity contribution is 6.31. The van der Waals surface area contributed by atoms with Crippen molar-refractivity contribution in [3.05, 3.63) is 58.1 Å². The SMILES string of the molecule is Cc1c(Cl)cnn1CCC(=O)Nc1ncn(Cc2cccc(Cl)c2)n1. The second kappa shape index (κ2) is 7.67. The van der Waals surface area contributed by atoms with E-state index in [1.807, 2.05) is 31.2 Å². The van der Waals surface area contributed by atoms with Crippen molar-refractivity contribution in [2.45, 2.75) is 26.4 Å². The highest BCUT2D eigenvalue weighted by atomic mass is 35.5. The normalized spacial score (nSPS) is 10.8. The first-order valence-electron chi connectivity index (χ1n) is 7.63. The Morgan fingerprint density at radius 1 is 1.32 bits per heavy atom. The topological polar surface area (TPSA) is 77.6 Å². The van der Waals surface area contributed by atoms with Gasteiger partial charge in [0.2, 0.25) is 11.9 Å². The summed E-state index contributed by atoms with van der Waals surface area (Å²) in [7, 11) is 0. The van der Waals surface area contributed by atoms with Gasteiger partial charge in [0.15, 0.2) is 0 Å². The molecule has 7 nitrogen and oxygen atoms in total. The Morgan fingerprint density at radius 2 is 2.16 bits per heavy atom. The average molecular weight is 379 g/mol. The van der Waals surface area contributed by atoms with Crippen LogP contribution in [0.3, 0.4) is 0 Å². The standard InChI is InChI=1S/C16H16Cl2N6O/c1-11-14(18)8-20-24(11)6-5-15(25)21-16-19-10-23(22-16)9-12-3-2-4-13(17)7-12/h2-4,7-8,10H,5-6,9H2,1H3,(H,21,22,25). The summed E-state index contributed by atoms with van der Waals surface area (Å²) in [6.07, 6.45) is 3.38. The minimum atomic E-state index is -0.188. The Balaban J connectivity index is 1.54. The Bertz CT molecular complexity index is 888. The zero-order valence-corrected chi connectivity index (χ0v) is 15.0. The van der Waals surface area contributed by atoms with Gasteiger partial charge in [-0.25, -0.2) is 9.67 Å². The van der Waals surface area contributed by atoms with Gasteiger partial charge in [-0.3, -0.25) is 14.8 Å². The van der Waals surface area contributed by atoms with Gasteiger partial charge in [0, 0.05) is 11.4 Å². The van der Waals surface area contributed by atoms with Crippen molar-refractivity contribution in [2.75, 3.05) is 5.32 Å². The molecule has 0 saturated carbocycles. The van der Waals surface area contributed by atoms with E-state index in [1.165, 1.54) is 0 Å². The van der Waals surface area contributed by atoms with E-state index >= 15 is 0 Å². The van der Waals surface area contributed by atoms with Crippen molar-refractivity contribution < 1.29 is 4.79 Å². The van der Waals surface area contributed by atoms with E-state index in [9.17, 15) is 4.79 Å². The van der Waals surface area contributed by atoms with Crippen molar-refractivity contribution >= 4 is 35.1 Å². The molecule has 3 aromatic rings. The first-order chi connectivity index (χ1) is 12.0. The van der Waals surface area contributed by atoms with Crippen molar-refractivity contribution in [1.82, 2.24) is 24.5 Å². The number of nitrogens with zero attached hydrogens (tertiary/aromatic N) is 5. The van der Waals surface area contributed by atoms with Crippen molar-refractivity contribution in [1.29, 1.82) is 0 Å². The van der Waals surface area contributed by atoms with E-state index < -0.39 is 0 Å². The quantitative estimate of drug-likeness (QED) is 0.714. The summed E-state index contributed by atoms with van der Waals surface area (Å²) in [4.78, 5) is 16.1. The summed E-state index contributed by atoms with van der Waals surface area (Å²) in [5.74, 6) is 0.0776. The van der Waals surface area contributed by atoms with E-state index in [4.69, 9.17) is 23.2 Å². The summed E-state index contributed by atoms with van der Waals surface area (Å²) in [6, 6.07) is 7.50. The molecule has 0 bridgehead atoms. The Morgan fingerprint density at radius 3 is 2.88 bits per heavy atom. The largest absolute Gasteiger partial charge is 0.293 e. The number of anilines is 1. The lowest BCUT2D eigenvalue weighted by Gasteiger charge is -2.04. The van der Waals surface area contributed by atoms with Crippen LogP contribution in [0.15, 0.2) is 36.8 Å². The van der Waals surface area contributed by atoms with Crippen LogP contribution < -0.4 is 5.32 Å². The zero-order chi connectivity index (χ0) is 17.8. The number of rotatable bonds is 6. The lowest BCUT2D eigenvalue weighted by Crippen LogP contribution is -2.16. The van der Waals surface area contributed by atoms with Crippen LogP contribution in [0.5, 0.6) is 0 Å². The maximum absolute atomic E-state index is 12.0.